The lowest BCUT2D eigenvalue weighted by molar-refractivity contribution is -0.139. The Morgan fingerprint density at radius 3 is 2.02 bits per heavy atom. The van der Waals surface area contributed by atoms with Gasteiger partial charge in [-0.2, -0.15) is 0 Å². The van der Waals surface area contributed by atoms with E-state index in [1.807, 2.05) is 62.4 Å². The average molecular weight is 642 g/mol. The zero-order chi connectivity index (χ0) is 33.1. The van der Waals surface area contributed by atoms with Gasteiger partial charge in [-0.1, -0.05) is 69.0 Å². The SMILES string of the molecule is CCCCCCCOc1ccc(-c2cnc(-c3ccc(CC(NC(=O)c4ccc(S(C)(=O)=C(C)C)cc4)C(=O)O)cc3)nc2)cc1. The number of carboxylic acid groups (broad SMARTS) is 1. The summed E-state index contributed by atoms with van der Waals surface area (Å²) in [5.74, 6) is -0.242. The van der Waals surface area contributed by atoms with Crippen LogP contribution in [0.2, 0.25) is 0 Å². The summed E-state index contributed by atoms with van der Waals surface area (Å²) in [5.41, 5.74) is 3.72. The standard InChI is InChI=1S/C37H43N3O5S/c1-5-6-7-8-9-22-45-32-18-14-28(15-19-32)31-24-38-35(39-25-31)29-12-10-27(11-13-29)23-34(37(42)43)40-36(41)30-16-20-33(21-17-30)46(4,44)26(2)3/h10-21,24-25,34H,5-9,22-23H2,1-4H3,(H,40,41)(H,42,43). The summed E-state index contributed by atoms with van der Waals surface area (Å²) >= 11 is 0. The number of carbonyl (C=O) groups is 2. The predicted molar refractivity (Wildman–Crippen MR) is 185 cm³/mol. The highest BCUT2D eigenvalue weighted by molar-refractivity contribution is 8.01. The van der Waals surface area contributed by atoms with Crippen LogP contribution >= 0.6 is 0 Å². The Morgan fingerprint density at radius 1 is 0.826 bits per heavy atom. The van der Waals surface area contributed by atoms with E-state index in [-0.39, 0.29) is 6.42 Å². The van der Waals surface area contributed by atoms with Crippen LogP contribution in [0.5, 0.6) is 5.75 Å². The molecule has 2 unspecified atom stereocenters. The van der Waals surface area contributed by atoms with E-state index >= 15 is 0 Å². The fraction of sp³-hybridized carbons (Fsp3) is 0.324. The van der Waals surface area contributed by atoms with Crippen LogP contribution in [0.1, 0.15) is 68.8 Å². The van der Waals surface area contributed by atoms with Crippen molar-refractivity contribution in [3.05, 3.63) is 96.3 Å². The number of benzene rings is 3. The maximum atomic E-state index is 12.9. The van der Waals surface area contributed by atoms with E-state index in [0.29, 0.717) is 16.3 Å². The number of aliphatic carboxylic acids is 1. The Bertz CT molecular complexity index is 1720. The van der Waals surface area contributed by atoms with E-state index in [2.05, 4.69) is 22.2 Å². The monoisotopic (exact) mass is 641 g/mol. The molecule has 9 heteroatoms. The van der Waals surface area contributed by atoms with Gasteiger partial charge in [0.25, 0.3) is 5.91 Å². The minimum Gasteiger partial charge on any atom is -0.494 e. The number of rotatable bonds is 15. The van der Waals surface area contributed by atoms with E-state index in [9.17, 15) is 18.9 Å². The van der Waals surface area contributed by atoms with Crippen LogP contribution in [0.4, 0.5) is 0 Å². The van der Waals surface area contributed by atoms with Crippen LogP contribution in [0.3, 0.4) is 0 Å². The first kappa shape index (κ1) is 34.4. The van der Waals surface area contributed by atoms with Crippen molar-refractivity contribution in [3.8, 4) is 28.3 Å². The number of aromatic nitrogens is 2. The maximum Gasteiger partial charge on any atom is 0.326 e. The van der Waals surface area contributed by atoms with Crippen LogP contribution in [-0.2, 0) is 20.7 Å². The highest BCUT2D eigenvalue weighted by atomic mass is 32.2. The Kier molecular flexibility index (Phi) is 12.1. The minimum atomic E-state index is -2.31. The molecule has 0 spiro atoms. The molecule has 2 N–H and O–H groups in total. The van der Waals surface area contributed by atoms with Gasteiger partial charge in [-0.3, -0.25) is 9.00 Å². The molecule has 242 valence electrons. The first-order valence-electron chi connectivity index (χ1n) is 15.7. The average Bonchev–Trinajstić information content (AvgIpc) is 3.06. The van der Waals surface area contributed by atoms with Gasteiger partial charge in [0.15, 0.2) is 5.82 Å². The second-order valence-electron chi connectivity index (χ2n) is 11.6. The lowest BCUT2D eigenvalue weighted by atomic mass is 10.0. The highest BCUT2D eigenvalue weighted by Crippen LogP contribution is 2.24. The van der Waals surface area contributed by atoms with Crippen LogP contribution in [0, 0.1) is 0 Å². The molecule has 0 aliphatic carbocycles. The van der Waals surface area contributed by atoms with Gasteiger partial charge in [-0.25, -0.2) is 14.8 Å². The molecule has 0 saturated carbocycles. The number of nitrogens with zero attached hydrogens (tertiary/aromatic N) is 2. The second kappa shape index (κ2) is 16.2. The quantitative estimate of drug-likeness (QED) is 0.105. The fourth-order valence-corrected chi connectivity index (χ4v) is 5.96. The van der Waals surface area contributed by atoms with Crippen molar-refractivity contribution in [1.29, 1.82) is 0 Å². The van der Waals surface area contributed by atoms with Crippen molar-refractivity contribution < 1.29 is 23.6 Å². The number of nitrogens with one attached hydrogen (secondary N) is 1. The summed E-state index contributed by atoms with van der Waals surface area (Å²) in [6, 6.07) is 20.5. The first-order chi connectivity index (χ1) is 22.1. The Balaban J connectivity index is 1.33. The molecule has 1 aromatic heterocycles. The van der Waals surface area contributed by atoms with Gasteiger partial charge in [-0.15, -0.1) is 0 Å². The van der Waals surface area contributed by atoms with E-state index in [1.54, 1.807) is 42.9 Å². The Hall–Kier alpha value is -4.50. The number of amides is 1. The lowest BCUT2D eigenvalue weighted by Gasteiger charge is -2.15. The molecule has 1 heterocycles. The summed E-state index contributed by atoms with van der Waals surface area (Å²) in [4.78, 5) is 35.3. The minimum absolute atomic E-state index is 0.102. The summed E-state index contributed by atoms with van der Waals surface area (Å²) in [6.07, 6.45) is 11.3. The number of carbonyl (C=O) groups excluding carboxylic acids is 1. The zero-order valence-corrected chi connectivity index (χ0v) is 27.8. The summed E-state index contributed by atoms with van der Waals surface area (Å²) in [5, 5.41) is 12.4. The molecule has 3 aromatic carbocycles. The fourth-order valence-electron chi connectivity index (χ4n) is 4.83. The van der Waals surface area contributed by atoms with Crippen LogP contribution < -0.4 is 10.1 Å². The van der Waals surface area contributed by atoms with Crippen LogP contribution in [-0.4, -0.2) is 54.9 Å². The zero-order valence-electron chi connectivity index (χ0n) is 27.0. The molecular weight excluding hydrogens is 598 g/mol. The molecule has 0 bridgehead atoms. The number of hydrogen-bond acceptors (Lipinski definition) is 6. The third-order valence-corrected chi connectivity index (χ3v) is 10.7. The van der Waals surface area contributed by atoms with Crippen molar-refractivity contribution in [2.24, 2.45) is 0 Å². The van der Waals surface area contributed by atoms with E-state index in [1.165, 1.54) is 25.7 Å². The van der Waals surface area contributed by atoms with Gasteiger partial charge in [0.2, 0.25) is 0 Å². The molecule has 4 rings (SSSR count). The number of hydrogen-bond donors (Lipinski definition) is 2. The van der Waals surface area contributed by atoms with E-state index in [4.69, 9.17) is 4.74 Å². The number of unbranched alkanes of at least 4 members (excludes halogenated alkanes) is 4. The summed E-state index contributed by atoms with van der Waals surface area (Å²) in [7, 11) is -2.31. The van der Waals surface area contributed by atoms with Crippen molar-refractivity contribution >= 4 is 26.3 Å². The normalized spacial score (nSPS) is 13.0. The molecule has 8 nitrogen and oxygen atoms in total. The first-order valence-corrected chi connectivity index (χ1v) is 17.6. The third-order valence-electron chi connectivity index (χ3n) is 7.96. The molecule has 0 saturated heterocycles. The molecule has 0 aliphatic heterocycles. The van der Waals surface area contributed by atoms with Crippen molar-refractivity contribution in [3.63, 3.8) is 0 Å². The second-order valence-corrected chi connectivity index (χ2v) is 14.6. The van der Waals surface area contributed by atoms with Crippen LogP contribution in [0.15, 0.2) is 90.1 Å². The molecule has 46 heavy (non-hydrogen) atoms. The van der Waals surface area contributed by atoms with Gasteiger partial charge < -0.3 is 15.2 Å². The van der Waals surface area contributed by atoms with Crippen molar-refractivity contribution in [2.45, 2.75) is 70.2 Å². The van der Waals surface area contributed by atoms with Crippen LogP contribution in [0.25, 0.3) is 22.5 Å². The molecule has 2 atom stereocenters. The Morgan fingerprint density at radius 2 is 1.43 bits per heavy atom. The van der Waals surface area contributed by atoms with E-state index < -0.39 is 27.4 Å². The molecule has 4 aromatic rings. The Labute approximate surface area is 272 Å². The maximum absolute atomic E-state index is 12.9. The smallest absolute Gasteiger partial charge is 0.326 e. The highest BCUT2D eigenvalue weighted by Gasteiger charge is 2.21. The van der Waals surface area contributed by atoms with Crippen molar-refractivity contribution in [1.82, 2.24) is 15.3 Å². The van der Waals surface area contributed by atoms with Crippen molar-refractivity contribution in [2.75, 3.05) is 12.9 Å². The molecule has 1 amide bonds. The largest absolute Gasteiger partial charge is 0.494 e. The predicted octanol–water partition coefficient (Wildman–Crippen LogP) is 7.07. The van der Waals surface area contributed by atoms with E-state index in [0.717, 1.165) is 45.9 Å². The molecule has 0 fully saturated rings. The van der Waals surface area contributed by atoms with Gasteiger partial charge >= 0.3 is 5.97 Å². The molecule has 0 aliphatic rings. The van der Waals surface area contributed by atoms with Gasteiger partial charge in [0.05, 0.1) is 6.61 Å². The number of carboxylic acids is 1. The lowest BCUT2D eigenvalue weighted by Crippen LogP contribution is -2.42. The molecule has 0 radical (unpaired) electrons. The third kappa shape index (κ3) is 9.26. The van der Waals surface area contributed by atoms with Gasteiger partial charge in [0.1, 0.15) is 11.8 Å². The molecular formula is C37H43N3O5S. The summed E-state index contributed by atoms with van der Waals surface area (Å²) in [6.45, 7) is 6.55. The van der Waals surface area contributed by atoms with Gasteiger partial charge in [0, 0.05) is 46.7 Å². The topological polar surface area (TPSA) is 118 Å². The van der Waals surface area contributed by atoms with Gasteiger partial charge in [-0.05, 0) is 82.2 Å². The summed E-state index contributed by atoms with van der Waals surface area (Å²) < 4.78 is 18.7. The number of ether oxygens (including phenoxy) is 1.